The van der Waals surface area contributed by atoms with E-state index in [-0.39, 0.29) is 29.2 Å². The first kappa shape index (κ1) is 19.8. The Morgan fingerprint density at radius 1 is 1.16 bits per heavy atom. The minimum absolute atomic E-state index is 0.0991. The summed E-state index contributed by atoms with van der Waals surface area (Å²) >= 11 is 0. The number of hydrogen-bond acceptors (Lipinski definition) is 6. The largest absolute Gasteiger partial charge is 0.440 e. The quantitative estimate of drug-likeness (QED) is 0.377. The molecule has 0 radical (unpaired) electrons. The van der Waals surface area contributed by atoms with E-state index in [1.807, 2.05) is 4.90 Å². The van der Waals surface area contributed by atoms with Gasteiger partial charge in [-0.15, -0.1) is 0 Å². The van der Waals surface area contributed by atoms with Crippen LogP contribution in [0.1, 0.15) is 22.9 Å². The van der Waals surface area contributed by atoms with E-state index in [0.29, 0.717) is 18.8 Å². The lowest BCUT2D eigenvalue weighted by atomic mass is 9.95. The topological polar surface area (TPSA) is 67.6 Å². The molecule has 162 valence electrons. The molecule has 1 atom stereocenters. The summed E-state index contributed by atoms with van der Waals surface area (Å²) in [7, 11) is 0. The molecule has 1 saturated heterocycles. The summed E-state index contributed by atoms with van der Waals surface area (Å²) in [5.41, 5.74) is -0.671. The van der Waals surface area contributed by atoms with Crippen molar-refractivity contribution in [3.8, 4) is 5.75 Å². The van der Waals surface area contributed by atoms with Crippen LogP contribution in [0, 0.1) is 5.82 Å². The molecule has 0 aliphatic carbocycles. The highest BCUT2D eigenvalue weighted by Gasteiger charge is 2.38. The van der Waals surface area contributed by atoms with Gasteiger partial charge in [0.2, 0.25) is 5.89 Å². The van der Waals surface area contributed by atoms with Gasteiger partial charge in [-0.3, -0.25) is 4.79 Å². The highest BCUT2D eigenvalue weighted by molar-refractivity contribution is 5.84. The number of aromatic nitrogens is 1. The molecule has 6 nitrogen and oxygen atoms in total. The molecule has 2 aliphatic rings. The van der Waals surface area contributed by atoms with Crippen molar-refractivity contribution in [2.45, 2.75) is 18.5 Å². The van der Waals surface area contributed by atoms with Crippen molar-refractivity contribution < 1.29 is 31.5 Å². The minimum Gasteiger partial charge on any atom is -0.440 e. The van der Waals surface area contributed by atoms with Crippen LogP contribution in [-0.2, 0) is 17.4 Å². The molecule has 2 aromatic carbocycles. The smallest absolute Gasteiger partial charge is 0.418 e. The van der Waals surface area contributed by atoms with Crippen LogP contribution in [0.2, 0.25) is 0 Å². The molecule has 5 rings (SSSR count). The summed E-state index contributed by atoms with van der Waals surface area (Å²) in [4.78, 5) is 18.5. The summed E-state index contributed by atoms with van der Waals surface area (Å²) in [6, 6.07) is 6.43. The first-order chi connectivity index (χ1) is 14.8. The van der Waals surface area contributed by atoms with Gasteiger partial charge in [-0.05, 0) is 18.2 Å². The van der Waals surface area contributed by atoms with E-state index >= 15 is 0 Å². The zero-order valence-corrected chi connectivity index (χ0v) is 16.1. The Bertz CT molecular complexity index is 1170. The number of benzene rings is 2. The Labute approximate surface area is 173 Å². The van der Waals surface area contributed by atoms with Gasteiger partial charge in [0.05, 0.1) is 5.56 Å². The van der Waals surface area contributed by atoms with Crippen LogP contribution in [0.5, 0.6) is 5.75 Å². The van der Waals surface area contributed by atoms with Gasteiger partial charge in [0.1, 0.15) is 23.0 Å². The number of carbonyl (C=O) groups is 1. The molecule has 0 amide bonds. The van der Waals surface area contributed by atoms with Crippen LogP contribution < -0.4 is 15.0 Å². The van der Waals surface area contributed by atoms with Crippen molar-refractivity contribution in [3.05, 3.63) is 53.2 Å². The van der Waals surface area contributed by atoms with Gasteiger partial charge in [-0.2, -0.15) is 13.2 Å². The Morgan fingerprint density at radius 2 is 1.94 bits per heavy atom. The zero-order valence-electron chi connectivity index (χ0n) is 16.1. The number of nitrogens with zero attached hydrogens (tertiary/aromatic N) is 2. The van der Waals surface area contributed by atoms with E-state index in [4.69, 9.17) is 9.15 Å². The summed E-state index contributed by atoms with van der Waals surface area (Å²) in [6.07, 6.45) is -4.74. The Morgan fingerprint density at radius 3 is 2.68 bits per heavy atom. The highest BCUT2D eigenvalue weighted by atomic mass is 19.4. The van der Waals surface area contributed by atoms with E-state index in [1.54, 1.807) is 6.07 Å². The van der Waals surface area contributed by atoms with Gasteiger partial charge in [-0.25, -0.2) is 9.37 Å². The summed E-state index contributed by atoms with van der Waals surface area (Å²) < 4.78 is 65.5. The lowest BCUT2D eigenvalue weighted by molar-refractivity contribution is -0.138. The number of rotatable bonds is 2. The molecule has 1 N–H and O–H groups in total. The lowest BCUT2D eigenvalue weighted by Crippen LogP contribution is -2.43. The van der Waals surface area contributed by atoms with Gasteiger partial charge in [0.15, 0.2) is 5.58 Å². The average Bonchev–Trinajstić information content (AvgIpc) is 3.17. The molecular formula is C21H17F4N3O3. The number of nitrogens with one attached hydrogen (secondary N) is 1. The monoisotopic (exact) mass is 435 g/mol. The van der Waals surface area contributed by atoms with E-state index in [1.165, 1.54) is 18.2 Å². The number of halogens is 4. The third kappa shape index (κ3) is 3.50. The maximum atomic E-state index is 14.9. The van der Waals surface area contributed by atoms with E-state index in [0.717, 1.165) is 19.2 Å². The Kier molecular flexibility index (Phi) is 4.62. The standard InChI is InChI=1S/C21H17F4N3O3/c22-15-8-11(28-6-4-26-5-7-28)9-17-12(15)10-13(20(29)31-17)19-27-18-14(21(23,24)25)2-1-3-16(18)30-19/h1-3,8-9,13,26H,4-7,10H2. The number of piperazine rings is 1. The van der Waals surface area contributed by atoms with Gasteiger partial charge in [0, 0.05) is 49.9 Å². The van der Waals surface area contributed by atoms with Crippen molar-refractivity contribution >= 4 is 22.8 Å². The molecule has 0 saturated carbocycles. The first-order valence-corrected chi connectivity index (χ1v) is 9.77. The number of oxazole rings is 1. The number of para-hydroxylation sites is 1. The van der Waals surface area contributed by atoms with Crippen LogP contribution in [0.25, 0.3) is 11.1 Å². The van der Waals surface area contributed by atoms with Crippen molar-refractivity contribution in [3.63, 3.8) is 0 Å². The number of alkyl halides is 3. The predicted octanol–water partition coefficient (Wildman–Crippen LogP) is 3.64. The van der Waals surface area contributed by atoms with Crippen LogP contribution in [0.4, 0.5) is 23.2 Å². The molecule has 3 aromatic rings. The van der Waals surface area contributed by atoms with Gasteiger partial charge in [0.25, 0.3) is 0 Å². The van der Waals surface area contributed by atoms with Crippen molar-refractivity contribution in [2.24, 2.45) is 0 Å². The highest BCUT2D eigenvalue weighted by Crippen LogP contribution is 2.40. The molecule has 3 heterocycles. The molecule has 0 bridgehead atoms. The summed E-state index contributed by atoms with van der Waals surface area (Å²) in [6.45, 7) is 2.91. The molecule has 0 spiro atoms. The minimum atomic E-state index is -4.63. The van der Waals surface area contributed by atoms with E-state index in [9.17, 15) is 22.4 Å². The number of ether oxygens (including phenoxy) is 1. The van der Waals surface area contributed by atoms with E-state index in [2.05, 4.69) is 10.3 Å². The third-order valence-corrected chi connectivity index (χ3v) is 5.56. The number of hydrogen-bond donors (Lipinski definition) is 1. The normalized spacial score (nSPS) is 19.4. The maximum Gasteiger partial charge on any atom is 0.418 e. The molecule has 1 unspecified atom stereocenters. The molecule has 31 heavy (non-hydrogen) atoms. The fraction of sp³-hybridized carbons (Fsp3) is 0.333. The maximum absolute atomic E-state index is 14.9. The Balaban J connectivity index is 1.49. The van der Waals surface area contributed by atoms with Gasteiger partial charge in [-0.1, -0.05) is 6.07 Å². The van der Waals surface area contributed by atoms with Crippen molar-refractivity contribution in [1.29, 1.82) is 0 Å². The van der Waals surface area contributed by atoms with Crippen LogP contribution >= 0.6 is 0 Å². The second-order valence-corrected chi connectivity index (χ2v) is 7.52. The number of anilines is 1. The van der Waals surface area contributed by atoms with Crippen LogP contribution in [0.15, 0.2) is 34.7 Å². The first-order valence-electron chi connectivity index (χ1n) is 9.77. The number of fused-ring (bicyclic) bond motifs is 2. The fourth-order valence-electron chi connectivity index (χ4n) is 3.99. The predicted molar refractivity (Wildman–Crippen MR) is 103 cm³/mol. The van der Waals surface area contributed by atoms with E-state index < -0.39 is 35.0 Å². The van der Waals surface area contributed by atoms with Crippen LogP contribution in [-0.4, -0.2) is 37.1 Å². The average molecular weight is 435 g/mol. The molecule has 2 aliphatic heterocycles. The molecular weight excluding hydrogens is 418 g/mol. The summed E-state index contributed by atoms with van der Waals surface area (Å²) in [5.74, 6) is -2.55. The number of carbonyl (C=O) groups excluding carboxylic acids is 1. The SMILES string of the molecule is O=C1Oc2cc(N3CCNCC3)cc(F)c2CC1c1nc2c(C(F)(F)F)cccc2o1. The Hall–Kier alpha value is -3.14. The fourth-order valence-corrected chi connectivity index (χ4v) is 3.99. The second kappa shape index (κ2) is 7.23. The van der Waals surface area contributed by atoms with Gasteiger partial charge < -0.3 is 19.4 Å². The van der Waals surface area contributed by atoms with Crippen molar-refractivity contribution in [1.82, 2.24) is 10.3 Å². The lowest BCUT2D eigenvalue weighted by Gasteiger charge is -2.31. The number of esters is 1. The molecule has 10 heteroatoms. The third-order valence-electron chi connectivity index (χ3n) is 5.56. The molecule has 1 fully saturated rings. The molecule has 1 aromatic heterocycles. The zero-order chi connectivity index (χ0) is 21.8. The second-order valence-electron chi connectivity index (χ2n) is 7.52. The van der Waals surface area contributed by atoms with Crippen molar-refractivity contribution in [2.75, 3.05) is 31.1 Å². The van der Waals surface area contributed by atoms with Gasteiger partial charge >= 0.3 is 12.1 Å². The van der Waals surface area contributed by atoms with Crippen LogP contribution in [0.3, 0.4) is 0 Å². The summed E-state index contributed by atoms with van der Waals surface area (Å²) in [5, 5.41) is 3.21.